The van der Waals surface area contributed by atoms with Crippen LogP contribution >= 0.6 is 11.8 Å². The van der Waals surface area contributed by atoms with E-state index in [1.54, 1.807) is 23.9 Å². The lowest BCUT2D eigenvalue weighted by Crippen LogP contribution is -2.38. The number of thioether (sulfide) groups is 1. The molecule has 1 aliphatic rings. The van der Waals surface area contributed by atoms with Gasteiger partial charge in [-0.15, -0.1) is 11.8 Å². The highest BCUT2D eigenvalue weighted by molar-refractivity contribution is 7.99. The molecule has 1 heterocycles. The number of amides is 1. The zero-order valence-electron chi connectivity index (χ0n) is 22.6. The van der Waals surface area contributed by atoms with E-state index in [0.717, 1.165) is 49.0 Å². The first-order valence-electron chi connectivity index (χ1n) is 13.2. The highest BCUT2D eigenvalue weighted by Crippen LogP contribution is 2.35. The first-order chi connectivity index (χ1) is 19.1. The van der Waals surface area contributed by atoms with E-state index in [2.05, 4.69) is 24.1 Å². The van der Waals surface area contributed by atoms with Crippen LogP contribution in [0.5, 0.6) is 0 Å². The van der Waals surface area contributed by atoms with Gasteiger partial charge in [0.2, 0.25) is 0 Å². The van der Waals surface area contributed by atoms with Crippen LogP contribution in [0.2, 0.25) is 0 Å². The summed E-state index contributed by atoms with van der Waals surface area (Å²) in [4.78, 5) is 26.8. The molecule has 40 heavy (non-hydrogen) atoms. The molecule has 0 spiro atoms. The molecular formula is C29H34N4O5S2. The number of nitrogens with zero attached hydrogens (tertiary/aromatic N) is 2. The number of hydrogen-bond acceptors (Lipinski definition) is 8. The molecule has 0 saturated carbocycles. The number of carbonyl (C=O) groups excluding carboxylic acids is 1. The van der Waals surface area contributed by atoms with Crippen molar-refractivity contribution in [3.05, 3.63) is 88.5 Å². The summed E-state index contributed by atoms with van der Waals surface area (Å²) in [6.07, 6.45) is 3.33. The molecule has 1 saturated heterocycles. The number of piperidine rings is 1. The van der Waals surface area contributed by atoms with E-state index in [-0.39, 0.29) is 21.8 Å². The van der Waals surface area contributed by atoms with Gasteiger partial charge in [0.25, 0.3) is 21.6 Å². The highest BCUT2D eigenvalue weighted by atomic mass is 32.2. The van der Waals surface area contributed by atoms with Gasteiger partial charge in [0, 0.05) is 47.6 Å². The number of sulfonamides is 1. The third-order valence-electron chi connectivity index (χ3n) is 7.45. The Balaban J connectivity index is 1.38. The lowest BCUT2D eigenvalue weighted by molar-refractivity contribution is -0.384. The zero-order chi connectivity index (χ0) is 28.8. The number of nitro groups is 1. The van der Waals surface area contributed by atoms with Crippen molar-refractivity contribution in [1.29, 1.82) is 0 Å². The maximum absolute atomic E-state index is 12.9. The van der Waals surface area contributed by atoms with Crippen LogP contribution in [0.1, 0.15) is 43.5 Å². The Hall–Kier alpha value is -3.57. The Morgan fingerprint density at radius 3 is 2.35 bits per heavy atom. The Kier molecular flexibility index (Phi) is 9.36. The normalized spacial score (nSPS) is 14.9. The molecule has 0 bridgehead atoms. The largest absolute Gasteiger partial charge is 0.379 e. The van der Waals surface area contributed by atoms with Gasteiger partial charge in [-0.1, -0.05) is 38.5 Å². The molecule has 9 nitrogen and oxygen atoms in total. The SMILES string of the molecule is CCC1(C)CCN(c2ccc(C(=O)NS(=O)(=O)c3ccc(NCCSc4ccccc4)c([N+](=O)[O-])c3)cc2)CC1. The van der Waals surface area contributed by atoms with E-state index >= 15 is 0 Å². The fourth-order valence-electron chi connectivity index (χ4n) is 4.57. The van der Waals surface area contributed by atoms with Crippen molar-refractivity contribution in [1.82, 2.24) is 4.72 Å². The van der Waals surface area contributed by atoms with Gasteiger partial charge in [-0.05, 0) is 66.8 Å². The number of nitrogens with one attached hydrogen (secondary N) is 2. The lowest BCUT2D eigenvalue weighted by Gasteiger charge is -2.40. The minimum Gasteiger partial charge on any atom is -0.379 e. The van der Waals surface area contributed by atoms with Gasteiger partial charge in [0.1, 0.15) is 5.69 Å². The molecular weight excluding hydrogens is 548 g/mol. The summed E-state index contributed by atoms with van der Waals surface area (Å²) in [6.45, 7) is 6.82. The minimum absolute atomic E-state index is 0.187. The third-order valence-corrected chi connectivity index (χ3v) is 9.79. The van der Waals surface area contributed by atoms with Crippen LogP contribution in [0, 0.1) is 15.5 Å². The zero-order valence-corrected chi connectivity index (χ0v) is 24.3. The van der Waals surface area contributed by atoms with E-state index in [1.807, 2.05) is 47.2 Å². The fourth-order valence-corrected chi connectivity index (χ4v) is 6.36. The molecule has 1 amide bonds. The van der Waals surface area contributed by atoms with Crippen molar-refractivity contribution in [3.63, 3.8) is 0 Å². The number of hydrogen-bond donors (Lipinski definition) is 2. The standard InChI is InChI=1S/C29H34N4O5S2/c1-3-29(2)15-18-32(19-16-29)23-11-9-22(10-12-23)28(34)31-40(37,38)25-13-14-26(27(21-25)33(35)36)30-17-20-39-24-7-5-4-6-8-24/h4-14,21,30H,3,15-20H2,1-2H3,(H,31,34). The van der Waals surface area contributed by atoms with Crippen LogP contribution in [-0.2, 0) is 10.0 Å². The Bertz CT molecular complexity index is 1440. The topological polar surface area (TPSA) is 122 Å². The summed E-state index contributed by atoms with van der Waals surface area (Å²) < 4.78 is 27.9. The summed E-state index contributed by atoms with van der Waals surface area (Å²) in [5.41, 5.74) is 1.35. The van der Waals surface area contributed by atoms with Crippen LogP contribution in [0.25, 0.3) is 0 Å². The average molecular weight is 583 g/mol. The van der Waals surface area contributed by atoms with Gasteiger partial charge >= 0.3 is 0 Å². The van der Waals surface area contributed by atoms with E-state index in [0.29, 0.717) is 17.7 Å². The predicted molar refractivity (Wildman–Crippen MR) is 160 cm³/mol. The predicted octanol–water partition coefficient (Wildman–Crippen LogP) is 5.93. The monoisotopic (exact) mass is 582 g/mol. The van der Waals surface area contributed by atoms with Gasteiger partial charge in [-0.2, -0.15) is 0 Å². The molecule has 212 valence electrons. The van der Waals surface area contributed by atoms with E-state index < -0.39 is 20.9 Å². The van der Waals surface area contributed by atoms with Gasteiger partial charge in [-0.3, -0.25) is 14.9 Å². The molecule has 1 aliphatic heterocycles. The second kappa shape index (κ2) is 12.7. The molecule has 11 heteroatoms. The number of benzene rings is 3. The Morgan fingerprint density at radius 2 is 1.73 bits per heavy atom. The van der Waals surface area contributed by atoms with Crippen molar-refractivity contribution < 1.29 is 18.1 Å². The maximum atomic E-state index is 12.9. The number of rotatable bonds is 11. The molecule has 1 fully saturated rings. The summed E-state index contributed by atoms with van der Waals surface area (Å²) in [7, 11) is -4.33. The first-order valence-corrected chi connectivity index (χ1v) is 15.7. The first kappa shape index (κ1) is 29.4. The van der Waals surface area contributed by atoms with Crippen LogP contribution in [-0.4, -0.2) is 44.6 Å². The van der Waals surface area contributed by atoms with Gasteiger partial charge in [-0.25, -0.2) is 13.1 Å². The third kappa shape index (κ3) is 7.33. The number of carbonyl (C=O) groups is 1. The Morgan fingerprint density at radius 1 is 1.05 bits per heavy atom. The van der Waals surface area contributed by atoms with Gasteiger partial charge < -0.3 is 10.2 Å². The smallest absolute Gasteiger partial charge is 0.293 e. The van der Waals surface area contributed by atoms with E-state index in [9.17, 15) is 23.3 Å². The van der Waals surface area contributed by atoms with Crippen LogP contribution in [0.4, 0.5) is 17.1 Å². The van der Waals surface area contributed by atoms with Crippen molar-refractivity contribution in [2.24, 2.45) is 5.41 Å². The van der Waals surface area contributed by atoms with Crippen LogP contribution in [0.15, 0.2) is 82.6 Å². The van der Waals surface area contributed by atoms with Crippen LogP contribution in [0.3, 0.4) is 0 Å². The van der Waals surface area contributed by atoms with E-state index in [4.69, 9.17) is 0 Å². The lowest BCUT2D eigenvalue weighted by atomic mass is 9.78. The second-order valence-electron chi connectivity index (χ2n) is 10.2. The molecule has 4 rings (SSSR count). The summed E-state index contributed by atoms with van der Waals surface area (Å²) in [5, 5.41) is 14.7. The molecule has 3 aromatic rings. The van der Waals surface area contributed by atoms with Crippen molar-refractivity contribution in [2.75, 3.05) is 35.6 Å². The molecule has 0 aromatic heterocycles. The summed E-state index contributed by atoms with van der Waals surface area (Å²) in [5.74, 6) is -0.141. The molecule has 2 N–H and O–H groups in total. The Labute approximate surface area is 239 Å². The average Bonchev–Trinajstić information content (AvgIpc) is 2.96. The maximum Gasteiger partial charge on any atom is 0.293 e. The summed E-state index contributed by atoms with van der Waals surface area (Å²) >= 11 is 1.60. The number of nitro benzene ring substituents is 1. The number of anilines is 2. The molecule has 0 unspecified atom stereocenters. The van der Waals surface area contributed by atoms with Gasteiger partial charge in [0.15, 0.2) is 0 Å². The van der Waals surface area contributed by atoms with Crippen molar-refractivity contribution >= 4 is 44.8 Å². The highest BCUT2D eigenvalue weighted by Gasteiger charge is 2.28. The minimum atomic E-state index is -4.33. The fraction of sp³-hybridized carbons (Fsp3) is 0.345. The summed E-state index contributed by atoms with van der Waals surface area (Å²) in [6, 6.07) is 20.1. The van der Waals surface area contributed by atoms with Crippen LogP contribution < -0.4 is 14.9 Å². The van der Waals surface area contributed by atoms with Crippen molar-refractivity contribution in [3.8, 4) is 0 Å². The van der Waals surface area contributed by atoms with Crippen molar-refractivity contribution in [2.45, 2.75) is 42.9 Å². The molecule has 0 atom stereocenters. The van der Waals surface area contributed by atoms with E-state index in [1.165, 1.54) is 12.1 Å². The molecule has 0 aliphatic carbocycles. The second-order valence-corrected chi connectivity index (χ2v) is 13.0. The molecule has 0 radical (unpaired) electrons. The quantitative estimate of drug-likeness (QED) is 0.123. The van der Waals surface area contributed by atoms with Gasteiger partial charge in [0.05, 0.1) is 9.82 Å². The molecule has 3 aromatic carbocycles.